The maximum atomic E-state index is 12.2. The molecule has 2 bridgehead atoms. The number of aliphatic hydroxyl groups excluding tert-OH is 4. The van der Waals surface area contributed by atoms with E-state index in [1.165, 1.54) is 13.8 Å². The third kappa shape index (κ3) is 1.90. The summed E-state index contributed by atoms with van der Waals surface area (Å²) in [4.78, 5) is 12.2. The first-order chi connectivity index (χ1) is 12.8. The summed E-state index contributed by atoms with van der Waals surface area (Å²) >= 11 is 0. The van der Waals surface area contributed by atoms with Crippen molar-refractivity contribution >= 4 is 5.97 Å². The molecule has 3 aliphatic carbocycles. The molecule has 8 nitrogen and oxygen atoms in total. The summed E-state index contributed by atoms with van der Waals surface area (Å²) < 4.78 is 5.51. The molecule has 1 aliphatic heterocycles. The summed E-state index contributed by atoms with van der Waals surface area (Å²) in [5, 5.41) is 67.6. The molecule has 1 saturated heterocycles. The topological polar surface area (TPSA) is 148 Å². The molecule has 0 aromatic rings. The Morgan fingerprint density at radius 2 is 1.61 bits per heavy atom. The lowest BCUT2D eigenvalue weighted by atomic mass is 9.56. The van der Waals surface area contributed by atoms with E-state index in [-0.39, 0.29) is 12.0 Å². The van der Waals surface area contributed by atoms with E-state index in [1.807, 2.05) is 0 Å². The highest BCUT2D eigenvalue weighted by Crippen LogP contribution is 2.68. The van der Waals surface area contributed by atoms with Crippen molar-refractivity contribution in [2.45, 2.75) is 81.3 Å². The van der Waals surface area contributed by atoms with Gasteiger partial charge in [-0.05, 0) is 39.2 Å². The molecule has 4 aliphatic rings. The highest BCUT2D eigenvalue weighted by Gasteiger charge is 2.80. The maximum Gasteiger partial charge on any atom is 0.307 e. The minimum absolute atomic E-state index is 0.192. The van der Waals surface area contributed by atoms with E-state index in [0.29, 0.717) is 12.8 Å². The number of ether oxygens (including phenoxy) is 1. The van der Waals surface area contributed by atoms with Crippen LogP contribution in [0.2, 0.25) is 0 Å². The Bertz CT molecular complexity index is 732. The van der Waals surface area contributed by atoms with Crippen molar-refractivity contribution in [2.24, 2.45) is 23.2 Å². The first-order valence-electron chi connectivity index (χ1n) is 9.83. The zero-order valence-electron chi connectivity index (χ0n) is 16.4. The van der Waals surface area contributed by atoms with Gasteiger partial charge in [0.05, 0.1) is 41.3 Å². The van der Waals surface area contributed by atoms with Crippen LogP contribution in [0.4, 0.5) is 0 Å². The van der Waals surface area contributed by atoms with E-state index >= 15 is 0 Å². The summed E-state index contributed by atoms with van der Waals surface area (Å²) in [7, 11) is 0. The monoisotopic (exact) mass is 398 g/mol. The molecule has 0 unspecified atom stereocenters. The fraction of sp³-hybridized carbons (Fsp3) is 0.850. The number of aliphatic hydroxyl groups is 6. The van der Waals surface area contributed by atoms with Gasteiger partial charge >= 0.3 is 5.97 Å². The molecule has 4 rings (SSSR count). The van der Waals surface area contributed by atoms with Gasteiger partial charge in [0.1, 0.15) is 6.10 Å². The Morgan fingerprint density at radius 1 is 1.00 bits per heavy atom. The summed E-state index contributed by atoms with van der Waals surface area (Å²) in [5.41, 5.74) is -6.69. The number of hydrogen-bond acceptors (Lipinski definition) is 8. The number of hydrogen-bond donors (Lipinski definition) is 6. The van der Waals surface area contributed by atoms with Gasteiger partial charge in [-0.1, -0.05) is 6.58 Å². The molecule has 1 spiro atoms. The molecule has 0 aromatic heterocycles. The standard InChI is InChI=1S/C20H30O8/c1-8(2)20-11(7-12(21)28-20)18(4,27)10-6-5-9-13(22)19(10,14(23)15(20)24)16(25)17(9,3)26/h9-11,13-16,22-27H,1,5-7H2,2-4H3/t9-,10+,11+,13-,14-,15-,16+,17+,18-,19+,20+/m1/s1. The van der Waals surface area contributed by atoms with Crippen molar-refractivity contribution in [1.82, 2.24) is 0 Å². The lowest BCUT2D eigenvalue weighted by Crippen LogP contribution is -2.64. The molecule has 158 valence electrons. The van der Waals surface area contributed by atoms with Gasteiger partial charge < -0.3 is 35.4 Å². The smallest absolute Gasteiger partial charge is 0.307 e. The summed E-state index contributed by atoms with van der Waals surface area (Å²) in [5.74, 6) is -3.16. The molecule has 8 heteroatoms. The lowest BCUT2D eigenvalue weighted by molar-refractivity contribution is -0.224. The van der Waals surface area contributed by atoms with Crippen LogP contribution >= 0.6 is 0 Å². The van der Waals surface area contributed by atoms with E-state index in [2.05, 4.69) is 6.58 Å². The van der Waals surface area contributed by atoms with E-state index in [4.69, 9.17) is 4.74 Å². The van der Waals surface area contributed by atoms with Crippen LogP contribution in [0.5, 0.6) is 0 Å². The predicted octanol–water partition coefficient (Wildman–Crippen LogP) is -1.15. The molecule has 0 aromatic carbocycles. The van der Waals surface area contributed by atoms with Crippen LogP contribution in [-0.4, -0.2) is 77.8 Å². The van der Waals surface area contributed by atoms with E-state index < -0.39 is 70.4 Å². The van der Waals surface area contributed by atoms with E-state index in [1.54, 1.807) is 6.92 Å². The molecule has 1 heterocycles. The molecule has 28 heavy (non-hydrogen) atoms. The van der Waals surface area contributed by atoms with Crippen LogP contribution < -0.4 is 0 Å². The molecule has 11 atom stereocenters. The lowest BCUT2D eigenvalue weighted by Gasteiger charge is -2.52. The van der Waals surface area contributed by atoms with Crippen molar-refractivity contribution in [2.75, 3.05) is 0 Å². The fourth-order valence-electron chi connectivity index (χ4n) is 7.24. The Morgan fingerprint density at radius 3 is 2.18 bits per heavy atom. The molecule has 3 saturated carbocycles. The van der Waals surface area contributed by atoms with Crippen LogP contribution in [0.3, 0.4) is 0 Å². The summed E-state index contributed by atoms with van der Waals surface area (Å²) in [6.07, 6.45) is -6.04. The third-order valence-electron chi connectivity index (χ3n) is 8.54. The summed E-state index contributed by atoms with van der Waals surface area (Å²) in [6.45, 7) is 8.28. The third-order valence-corrected chi connectivity index (χ3v) is 8.54. The Balaban J connectivity index is 2.01. The van der Waals surface area contributed by atoms with Gasteiger partial charge in [-0.15, -0.1) is 0 Å². The van der Waals surface area contributed by atoms with Crippen molar-refractivity contribution in [3.63, 3.8) is 0 Å². The number of carbonyl (C=O) groups excluding carboxylic acids is 1. The van der Waals surface area contributed by atoms with Gasteiger partial charge in [0.25, 0.3) is 0 Å². The quantitative estimate of drug-likeness (QED) is 0.240. The average molecular weight is 398 g/mol. The first-order valence-corrected chi connectivity index (χ1v) is 9.83. The minimum Gasteiger partial charge on any atom is -0.451 e. The Labute approximate surface area is 163 Å². The van der Waals surface area contributed by atoms with Gasteiger partial charge in [0.2, 0.25) is 0 Å². The van der Waals surface area contributed by atoms with Crippen molar-refractivity contribution in [3.8, 4) is 0 Å². The first kappa shape index (κ1) is 20.3. The van der Waals surface area contributed by atoms with Crippen LogP contribution in [0.15, 0.2) is 12.2 Å². The molecular weight excluding hydrogens is 368 g/mol. The number of esters is 1. The number of fused-ring (bicyclic) bond motifs is 2. The highest BCUT2D eigenvalue weighted by atomic mass is 16.6. The normalized spacial score (nSPS) is 60.6. The van der Waals surface area contributed by atoms with Gasteiger partial charge in [-0.25, -0.2) is 0 Å². The second-order valence-electron chi connectivity index (χ2n) is 9.73. The van der Waals surface area contributed by atoms with Gasteiger partial charge in [-0.3, -0.25) is 4.79 Å². The van der Waals surface area contributed by atoms with E-state index in [9.17, 15) is 35.4 Å². The van der Waals surface area contributed by atoms with Crippen molar-refractivity contribution < 1.29 is 40.2 Å². The largest absolute Gasteiger partial charge is 0.451 e. The van der Waals surface area contributed by atoms with Crippen LogP contribution in [0, 0.1) is 23.2 Å². The molecule has 0 amide bonds. The van der Waals surface area contributed by atoms with E-state index in [0.717, 1.165) is 0 Å². The second kappa shape index (κ2) is 5.56. The molecule has 6 N–H and O–H groups in total. The zero-order valence-corrected chi connectivity index (χ0v) is 16.4. The Hall–Kier alpha value is -1.03. The SMILES string of the molecule is C=C(C)[C@]12OC(=O)C[C@H]1[C@](C)(O)[C@@H]1CC[C@@H]3[C@@H](O)[C@@]1([C@H](O)[C@H]2O)[C@@H](O)[C@@]3(C)O. The van der Waals surface area contributed by atoms with Gasteiger partial charge in [0.15, 0.2) is 5.60 Å². The number of rotatable bonds is 1. The number of carbonyl (C=O) groups is 1. The van der Waals surface area contributed by atoms with Crippen LogP contribution in [0.1, 0.15) is 40.0 Å². The highest BCUT2D eigenvalue weighted by molar-refractivity contribution is 5.74. The maximum absolute atomic E-state index is 12.2. The van der Waals surface area contributed by atoms with Gasteiger partial charge in [-0.2, -0.15) is 0 Å². The van der Waals surface area contributed by atoms with Crippen LogP contribution in [-0.2, 0) is 9.53 Å². The van der Waals surface area contributed by atoms with Crippen molar-refractivity contribution in [1.29, 1.82) is 0 Å². The molecule has 4 fully saturated rings. The predicted molar refractivity (Wildman–Crippen MR) is 95.7 cm³/mol. The zero-order chi connectivity index (χ0) is 21.0. The summed E-state index contributed by atoms with van der Waals surface area (Å²) in [6, 6.07) is 0. The average Bonchev–Trinajstić information content (AvgIpc) is 2.99. The fourth-order valence-corrected chi connectivity index (χ4v) is 7.24. The van der Waals surface area contributed by atoms with Crippen molar-refractivity contribution in [3.05, 3.63) is 12.2 Å². The Kier molecular flexibility index (Phi) is 4.02. The molecular formula is C20H30O8. The minimum atomic E-state index is -1.78. The second-order valence-corrected chi connectivity index (χ2v) is 9.73. The van der Waals surface area contributed by atoms with Crippen LogP contribution in [0.25, 0.3) is 0 Å². The van der Waals surface area contributed by atoms with Gasteiger partial charge in [0, 0.05) is 17.8 Å². The molecule has 0 radical (unpaired) electrons.